The van der Waals surface area contributed by atoms with Crippen LogP contribution in [-0.2, 0) is 6.61 Å². The van der Waals surface area contributed by atoms with Crippen molar-refractivity contribution in [2.24, 2.45) is 0 Å². The zero-order chi connectivity index (χ0) is 11.2. The van der Waals surface area contributed by atoms with Gasteiger partial charge in [0.15, 0.2) is 0 Å². The summed E-state index contributed by atoms with van der Waals surface area (Å²) in [5.41, 5.74) is 2.72. The van der Waals surface area contributed by atoms with Crippen LogP contribution in [0.15, 0.2) is 42.9 Å². The Morgan fingerprint density at radius 3 is 2.69 bits per heavy atom. The van der Waals surface area contributed by atoms with Crippen LogP contribution in [0.5, 0.6) is 0 Å². The van der Waals surface area contributed by atoms with Crippen LogP contribution in [-0.4, -0.2) is 15.1 Å². The molecule has 0 radical (unpaired) electrons. The van der Waals surface area contributed by atoms with Gasteiger partial charge in [-0.25, -0.2) is 0 Å². The Bertz CT molecular complexity index is 463. The van der Waals surface area contributed by atoms with Gasteiger partial charge in [0.2, 0.25) is 0 Å². The number of hydrogen-bond donors (Lipinski definition) is 1. The lowest BCUT2D eigenvalue weighted by atomic mass is 10.2. The third kappa shape index (κ3) is 2.74. The van der Waals surface area contributed by atoms with Crippen LogP contribution in [0.25, 0.3) is 12.2 Å². The molecule has 0 atom stereocenters. The third-order valence-electron chi connectivity index (χ3n) is 2.16. The largest absolute Gasteiger partial charge is 0.392 e. The average Bonchev–Trinajstić information content (AvgIpc) is 2.38. The van der Waals surface area contributed by atoms with Crippen molar-refractivity contribution in [3.63, 3.8) is 0 Å². The second kappa shape index (κ2) is 5.19. The highest BCUT2D eigenvalue weighted by Crippen LogP contribution is 2.06. The lowest BCUT2D eigenvalue weighted by Gasteiger charge is -1.96. The van der Waals surface area contributed by atoms with Crippen LogP contribution < -0.4 is 0 Å². The van der Waals surface area contributed by atoms with E-state index in [4.69, 9.17) is 5.11 Å². The standard InChI is InChI=1S/C13H12N2O/c16-10-12-4-6-13(15-9-12)5-3-11-2-1-7-14-8-11/h1-9,16H,10H2/b5-3+. The van der Waals surface area contributed by atoms with Crippen molar-refractivity contribution in [1.29, 1.82) is 0 Å². The Morgan fingerprint density at radius 2 is 2.06 bits per heavy atom. The second-order valence-corrected chi connectivity index (χ2v) is 3.37. The van der Waals surface area contributed by atoms with Gasteiger partial charge in [-0.1, -0.05) is 18.2 Å². The molecule has 2 aromatic rings. The van der Waals surface area contributed by atoms with Crippen LogP contribution in [0.4, 0.5) is 0 Å². The molecule has 3 heteroatoms. The summed E-state index contributed by atoms with van der Waals surface area (Å²) < 4.78 is 0. The van der Waals surface area contributed by atoms with Gasteiger partial charge < -0.3 is 5.11 Å². The maximum Gasteiger partial charge on any atom is 0.0696 e. The molecule has 3 nitrogen and oxygen atoms in total. The smallest absolute Gasteiger partial charge is 0.0696 e. The first-order chi connectivity index (χ1) is 7.88. The van der Waals surface area contributed by atoms with E-state index in [2.05, 4.69) is 9.97 Å². The summed E-state index contributed by atoms with van der Waals surface area (Å²) in [6.07, 6.45) is 9.07. The van der Waals surface area contributed by atoms with Gasteiger partial charge in [-0.05, 0) is 29.3 Å². The molecular formula is C13H12N2O. The van der Waals surface area contributed by atoms with Crippen LogP contribution in [0.3, 0.4) is 0 Å². The predicted octanol–water partition coefficient (Wildman–Crippen LogP) is 2.14. The van der Waals surface area contributed by atoms with Gasteiger partial charge in [-0.2, -0.15) is 0 Å². The van der Waals surface area contributed by atoms with E-state index in [1.807, 2.05) is 36.4 Å². The molecule has 80 valence electrons. The van der Waals surface area contributed by atoms with Crippen molar-refractivity contribution in [1.82, 2.24) is 9.97 Å². The lowest BCUT2D eigenvalue weighted by molar-refractivity contribution is 0.281. The Balaban J connectivity index is 2.12. The Hall–Kier alpha value is -2.00. The first kappa shape index (κ1) is 10.5. The fourth-order valence-electron chi connectivity index (χ4n) is 1.28. The summed E-state index contributed by atoms with van der Waals surface area (Å²) in [5, 5.41) is 8.87. The first-order valence-electron chi connectivity index (χ1n) is 5.02. The van der Waals surface area contributed by atoms with Gasteiger partial charge in [0.25, 0.3) is 0 Å². The highest BCUT2D eigenvalue weighted by molar-refractivity contribution is 5.67. The molecule has 1 N–H and O–H groups in total. The van der Waals surface area contributed by atoms with Gasteiger partial charge >= 0.3 is 0 Å². The molecule has 0 aromatic carbocycles. The number of rotatable bonds is 3. The van der Waals surface area contributed by atoms with Crippen molar-refractivity contribution in [2.45, 2.75) is 6.61 Å². The van der Waals surface area contributed by atoms with Gasteiger partial charge in [0.05, 0.1) is 12.3 Å². The summed E-state index contributed by atoms with van der Waals surface area (Å²) >= 11 is 0. The highest BCUT2D eigenvalue weighted by Gasteiger charge is 1.91. The maximum atomic E-state index is 8.87. The molecule has 0 aliphatic rings. The van der Waals surface area contributed by atoms with E-state index >= 15 is 0 Å². The fourth-order valence-corrected chi connectivity index (χ4v) is 1.28. The minimum absolute atomic E-state index is 0.0274. The van der Waals surface area contributed by atoms with Crippen LogP contribution in [0, 0.1) is 0 Å². The molecule has 2 heterocycles. The molecular weight excluding hydrogens is 200 g/mol. The Morgan fingerprint density at radius 1 is 1.12 bits per heavy atom. The van der Waals surface area contributed by atoms with E-state index in [-0.39, 0.29) is 6.61 Å². The van der Waals surface area contributed by atoms with E-state index in [1.54, 1.807) is 18.6 Å². The van der Waals surface area contributed by atoms with Crippen LogP contribution in [0.1, 0.15) is 16.8 Å². The average molecular weight is 212 g/mol. The summed E-state index contributed by atoms with van der Waals surface area (Å²) in [5.74, 6) is 0. The van der Waals surface area contributed by atoms with E-state index in [0.717, 1.165) is 16.8 Å². The van der Waals surface area contributed by atoms with Crippen molar-refractivity contribution in [3.05, 3.63) is 59.7 Å². The van der Waals surface area contributed by atoms with E-state index < -0.39 is 0 Å². The number of aliphatic hydroxyl groups is 1. The van der Waals surface area contributed by atoms with Gasteiger partial charge in [0.1, 0.15) is 0 Å². The molecule has 0 amide bonds. The van der Waals surface area contributed by atoms with E-state index in [1.165, 1.54) is 0 Å². The minimum Gasteiger partial charge on any atom is -0.392 e. The summed E-state index contributed by atoms with van der Waals surface area (Å²) in [6, 6.07) is 7.60. The molecule has 2 rings (SSSR count). The van der Waals surface area contributed by atoms with Crippen molar-refractivity contribution in [3.8, 4) is 0 Å². The molecule has 0 aliphatic heterocycles. The first-order valence-corrected chi connectivity index (χ1v) is 5.02. The molecule has 0 bridgehead atoms. The molecule has 0 saturated heterocycles. The molecule has 0 fully saturated rings. The molecule has 0 spiro atoms. The summed E-state index contributed by atoms with van der Waals surface area (Å²) in [6.45, 7) is 0.0274. The molecule has 0 saturated carbocycles. The summed E-state index contributed by atoms with van der Waals surface area (Å²) in [4.78, 5) is 8.22. The maximum absolute atomic E-state index is 8.87. The monoisotopic (exact) mass is 212 g/mol. The second-order valence-electron chi connectivity index (χ2n) is 3.37. The Labute approximate surface area is 94.1 Å². The van der Waals surface area contributed by atoms with E-state index in [0.29, 0.717) is 0 Å². The van der Waals surface area contributed by atoms with Crippen LogP contribution >= 0.6 is 0 Å². The molecule has 0 aliphatic carbocycles. The third-order valence-corrected chi connectivity index (χ3v) is 2.16. The quantitative estimate of drug-likeness (QED) is 0.847. The van der Waals surface area contributed by atoms with Crippen molar-refractivity contribution in [2.75, 3.05) is 0 Å². The Kier molecular flexibility index (Phi) is 3.41. The van der Waals surface area contributed by atoms with Gasteiger partial charge in [-0.3, -0.25) is 9.97 Å². The highest BCUT2D eigenvalue weighted by atomic mass is 16.3. The fraction of sp³-hybridized carbons (Fsp3) is 0.0769. The number of aromatic nitrogens is 2. The predicted molar refractivity (Wildman–Crippen MR) is 63.3 cm³/mol. The van der Waals surface area contributed by atoms with Gasteiger partial charge in [-0.15, -0.1) is 0 Å². The van der Waals surface area contributed by atoms with Crippen molar-refractivity contribution >= 4 is 12.2 Å². The molecule has 0 unspecified atom stereocenters. The summed E-state index contributed by atoms with van der Waals surface area (Å²) in [7, 11) is 0. The van der Waals surface area contributed by atoms with Crippen LogP contribution in [0.2, 0.25) is 0 Å². The zero-order valence-corrected chi connectivity index (χ0v) is 8.74. The topological polar surface area (TPSA) is 46.0 Å². The number of aliphatic hydroxyl groups excluding tert-OH is 1. The number of hydrogen-bond acceptors (Lipinski definition) is 3. The van der Waals surface area contributed by atoms with Crippen molar-refractivity contribution < 1.29 is 5.11 Å². The molecule has 2 aromatic heterocycles. The normalized spacial score (nSPS) is 10.8. The SMILES string of the molecule is OCc1ccc(/C=C/c2cccnc2)nc1. The number of pyridine rings is 2. The minimum atomic E-state index is 0.0274. The zero-order valence-electron chi connectivity index (χ0n) is 8.74. The van der Waals surface area contributed by atoms with E-state index in [9.17, 15) is 0 Å². The lowest BCUT2D eigenvalue weighted by Crippen LogP contribution is -1.86. The number of nitrogens with zero attached hydrogens (tertiary/aromatic N) is 2. The molecule has 16 heavy (non-hydrogen) atoms. The van der Waals surface area contributed by atoms with Gasteiger partial charge in [0, 0.05) is 18.6 Å².